The molecule has 0 bridgehead atoms. The predicted molar refractivity (Wildman–Crippen MR) is 111 cm³/mol. The maximum Gasteiger partial charge on any atom is 0.326 e. The number of carbonyl (C=O) groups is 1. The summed E-state index contributed by atoms with van der Waals surface area (Å²) in [7, 11) is 0. The van der Waals surface area contributed by atoms with Crippen molar-refractivity contribution in [1.82, 2.24) is 9.55 Å². The lowest BCUT2D eigenvalue weighted by Gasteiger charge is -2.11. The van der Waals surface area contributed by atoms with Crippen LogP contribution in [0.2, 0.25) is 0 Å². The van der Waals surface area contributed by atoms with Crippen molar-refractivity contribution in [1.29, 1.82) is 0 Å². The zero-order valence-electron chi connectivity index (χ0n) is 15.2. The van der Waals surface area contributed by atoms with Crippen LogP contribution < -0.4 is 10.9 Å². The first-order valence-electron chi connectivity index (χ1n) is 8.86. The van der Waals surface area contributed by atoms with Crippen molar-refractivity contribution in [3.05, 3.63) is 92.9 Å². The third-order valence-electron chi connectivity index (χ3n) is 4.08. The number of aromatic nitrogens is 2. The molecule has 6 nitrogen and oxygen atoms in total. The number of rotatable bonds is 8. The summed E-state index contributed by atoms with van der Waals surface area (Å²) in [4.78, 5) is 28.9. The van der Waals surface area contributed by atoms with E-state index >= 15 is 0 Å². The Morgan fingerprint density at radius 3 is 2.36 bits per heavy atom. The zero-order valence-corrected chi connectivity index (χ0v) is 16.8. The van der Waals surface area contributed by atoms with Gasteiger partial charge in [0.15, 0.2) is 5.82 Å². The van der Waals surface area contributed by atoms with Crippen LogP contribution in [0.15, 0.2) is 76.3 Å². The Hall–Kier alpha value is -2.93. The van der Waals surface area contributed by atoms with Gasteiger partial charge >= 0.3 is 5.97 Å². The maximum absolute atomic E-state index is 12.6. The molecule has 0 radical (unpaired) electrons. The van der Waals surface area contributed by atoms with Gasteiger partial charge in [0, 0.05) is 6.54 Å². The van der Waals surface area contributed by atoms with E-state index in [0.29, 0.717) is 11.1 Å². The lowest BCUT2D eigenvalue weighted by molar-refractivity contribution is -0.145. The molecule has 0 saturated heterocycles. The first-order chi connectivity index (χ1) is 13.6. The molecule has 3 rings (SSSR count). The van der Waals surface area contributed by atoms with E-state index in [1.54, 1.807) is 0 Å². The highest BCUT2D eigenvalue weighted by Crippen LogP contribution is 2.09. The number of halogens is 1. The molecule has 0 unspecified atom stereocenters. The molecule has 0 fully saturated rings. The zero-order chi connectivity index (χ0) is 19.8. The third kappa shape index (κ3) is 5.53. The van der Waals surface area contributed by atoms with Gasteiger partial charge in [0.2, 0.25) is 0 Å². The van der Waals surface area contributed by atoms with Crippen molar-refractivity contribution in [2.24, 2.45) is 0 Å². The standard InChI is InChI=1S/C21H20BrN3O3/c22-18-13-24-20(23-12-11-16-7-3-1-4-8-16)21(27)25(18)14-19(26)28-15-17-9-5-2-6-10-17/h1-10,13H,11-12,14-15H2,(H,23,24). The molecule has 1 N–H and O–H groups in total. The highest BCUT2D eigenvalue weighted by molar-refractivity contribution is 9.10. The van der Waals surface area contributed by atoms with Gasteiger partial charge in [0.05, 0.1) is 6.20 Å². The Labute approximate surface area is 171 Å². The van der Waals surface area contributed by atoms with Gasteiger partial charge in [-0.25, -0.2) is 4.98 Å². The van der Waals surface area contributed by atoms with Gasteiger partial charge in [-0.15, -0.1) is 0 Å². The lowest BCUT2D eigenvalue weighted by Crippen LogP contribution is -2.29. The number of carbonyl (C=O) groups excluding carboxylic acids is 1. The van der Waals surface area contributed by atoms with Gasteiger partial charge in [-0.05, 0) is 33.5 Å². The van der Waals surface area contributed by atoms with Crippen LogP contribution >= 0.6 is 15.9 Å². The van der Waals surface area contributed by atoms with Crippen molar-refractivity contribution in [3.63, 3.8) is 0 Å². The van der Waals surface area contributed by atoms with Crippen LogP contribution in [0, 0.1) is 0 Å². The molecule has 0 amide bonds. The molecule has 0 atom stereocenters. The predicted octanol–water partition coefficient (Wildman–Crippen LogP) is 3.40. The molecule has 28 heavy (non-hydrogen) atoms. The number of anilines is 1. The second-order valence-electron chi connectivity index (χ2n) is 6.13. The number of hydrogen-bond donors (Lipinski definition) is 1. The molecule has 0 saturated carbocycles. The number of benzene rings is 2. The van der Waals surface area contributed by atoms with Gasteiger partial charge in [0.25, 0.3) is 5.56 Å². The van der Waals surface area contributed by atoms with E-state index in [2.05, 4.69) is 26.2 Å². The highest BCUT2D eigenvalue weighted by atomic mass is 79.9. The SMILES string of the molecule is O=C(Cn1c(Br)cnc(NCCc2ccccc2)c1=O)OCc1ccccc1. The van der Waals surface area contributed by atoms with Gasteiger partial charge < -0.3 is 10.1 Å². The second-order valence-corrected chi connectivity index (χ2v) is 6.94. The summed E-state index contributed by atoms with van der Waals surface area (Å²) in [6, 6.07) is 19.3. The topological polar surface area (TPSA) is 73.2 Å². The Balaban J connectivity index is 1.60. The molecule has 144 valence electrons. The van der Waals surface area contributed by atoms with E-state index in [9.17, 15) is 9.59 Å². The largest absolute Gasteiger partial charge is 0.459 e. The van der Waals surface area contributed by atoms with Crippen LogP contribution in [0.4, 0.5) is 5.82 Å². The Kier molecular flexibility index (Phi) is 6.97. The van der Waals surface area contributed by atoms with Crippen molar-refractivity contribution in [2.45, 2.75) is 19.6 Å². The summed E-state index contributed by atoms with van der Waals surface area (Å²) in [5.74, 6) is -0.289. The molecule has 0 aliphatic carbocycles. The quantitative estimate of drug-likeness (QED) is 0.542. The molecule has 0 aliphatic rings. The van der Waals surface area contributed by atoms with Gasteiger partial charge in [0.1, 0.15) is 17.8 Å². The van der Waals surface area contributed by atoms with E-state index in [-0.39, 0.29) is 24.5 Å². The second kappa shape index (κ2) is 9.85. The van der Waals surface area contributed by atoms with Crippen molar-refractivity contribution in [3.8, 4) is 0 Å². The number of nitrogens with zero attached hydrogens (tertiary/aromatic N) is 2. The first kappa shape index (κ1) is 19.8. The molecule has 1 aromatic heterocycles. The van der Waals surface area contributed by atoms with Crippen molar-refractivity contribution in [2.75, 3.05) is 11.9 Å². The minimum atomic E-state index is -0.493. The van der Waals surface area contributed by atoms with E-state index in [0.717, 1.165) is 17.5 Å². The summed E-state index contributed by atoms with van der Waals surface area (Å²) < 4.78 is 6.98. The van der Waals surface area contributed by atoms with E-state index < -0.39 is 5.97 Å². The average Bonchev–Trinajstić information content (AvgIpc) is 2.73. The van der Waals surface area contributed by atoms with Crippen LogP contribution in [0.3, 0.4) is 0 Å². The van der Waals surface area contributed by atoms with E-state index in [1.807, 2.05) is 60.7 Å². The fourth-order valence-corrected chi connectivity index (χ4v) is 3.01. The summed E-state index contributed by atoms with van der Waals surface area (Å²) in [6.45, 7) is 0.536. The molecule has 2 aromatic carbocycles. The summed E-state index contributed by atoms with van der Waals surface area (Å²) >= 11 is 3.28. The minimum absolute atomic E-state index is 0.166. The van der Waals surface area contributed by atoms with E-state index in [4.69, 9.17) is 4.74 Å². The van der Waals surface area contributed by atoms with Crippen LogP contribution in [0.25, 0.3) is 0 Å². The van der Waals surface area contributed by atoms with Crippen molar-refractivity contribution < 1.29 is 9.53 Å². The van der Waals surface area contributed by atoms with Gasteiger partial charge in [-0.2, -0.15) is 0 Å². The Morgan fingerprint density at radius 1 is 1.04 bits per heavy atom. The molecule has 3 aromatic rings. The lowest BCUT2D eigenvalue weighted by atomic mass is 10.1. The van der Waals surface area contributed by atoms with E-state index in [1.165, 1.54) is 10.8 Å². The fourth-order valence-electron chi connectivity index (χ4n) is 2.62. The number of nitrogens with one attached hydrogen (secondary N) is 1. The maximum atomic E-state index is 12.6. The monoisotopic (exact) mass is 441 g/mol. The van der Waals surface area contributed by atoms with Crippen LogP contribution in [-0.4, -0.2) is 22.1 Å². The van der Waals surface area contributed by atoms with Crippen LogP contribution in [0.1, 0.15) is 11.1 Å². The average molecular weight is 442 g/mol. The van der Waals surface area contributed by atoms with Crippen LogP contribution in [0.5, 0.6) is 0 Å². The summed E-state index contributed by atoms with van der Waals surface area (Å²) in [5.41, 5.74) is 1.68. The molecule has 0 spiro atoms. The Morgan fingerprint density at radius 2 is 1.68 bits per heavy atom. The Bertz CT molecular complexity index is 975. The fraction of sp³-hybridized carbons (Fsp3) is 0.190. The number of hydrogen-bond acceptors (Lipinski definition) is 5. The van der Waals surface area contributed by atoms with Gasteiger partial charge in [-0.1, -0.05) is 60.7 Å². The first-order valence-corrected chi connectivity index (χ1v) is 9.65. The summed E-state index contributed by atoms with van der Waals surface area (Å²) in [5, 5.41) is 3.04. The van der Waals surface area contributed by atoms with Gasteiger partial charge in [-0.3, -0.25) is 14.2 Å². The highest BCUT2D eigenvalue weighted by Gasteiger charge is 2.13. The molecule has 0 aliphatic heterocycles. The van der Waals surface area contributed by atoms with Crippen molar-refractivity contribution >= 4 is 27.7 Å². The van der Waals surface area contributed by atoms with Crippen LogP contribution in [-0.2, 0) is 29.1 Å². The molecular weight excluding hydrogens is 422 g/mol. The number of esters is 1. The third-order valence-corrected chi connectivity index (χ3v) is 4.72. The molecule has 7 heteroatoms. The minimum Gasteiger partial charge on any atom is -0.459 e. The number of ether oxygens (including phenoxy) is 1. The molecule has 1 heterocycles. The normalized spacial score (nSPS) is 10.5. The summed E-state index contributed by atoms with van der Waals surface area (Å²) in [6.07, 6.45) is 2.26. The smallest absolute Gasteiger partial charge is 0.326 e. The molecular formula is C21H20BrN3O3.